The molecule has 0 aromatic heterocycles. The first kappa shape index (κ1) is 16.5. The van der Waals surface area contributed by atoms with E-state index < -0.39 is 5.60 Å². The van der Waals surface area contributed by atoms with Crippen LogP contribution < -0.4 is 5.32 Å². The van der Waals surface area contributed by atoms with Gasteiger partial charge in [0.25, 0.3) is 0 Å². The number of nitrogens with zero attached hydrogens (tertiary/aromatic N) is 1. The van der Waals surface area contributed by atoms with Gasteiger partial charge in [0.2, 0.25) is 0 Å². The molecule has 3 nitrogen and oxygen atoms in total. The molecule has 1 atom stereocenters. The van der Waals surface area contributed by atoms with E-state index >= 15 is 0 Å². The summed E-state index contributed by atoms with van der Waals surface area (Å²) in [7, 11) is 0. The first-order valence-electron chi connectivity index (χ1n) is 8.34. The molecule has 2 N–H and O–H groups in total. The SMILES string of the molecule is CCCNC(CCN1CCC(C)(O)CC1)c1ccccc1. The lowest BCUT2D eigenvalue weighted by Crippen LogP contribution is -2.43. The zero-order valence-corrected chi connectivity index (χ0v) is 13.5. The number of hydrogen-bond acceptors (Lipinski definition) is 3. The van der Waals surface area contributed by atoms with Gasteiger partial charge in [-0.15, -0.1) is 0 Å². The summed E-state index contributed by atoms with van der Waals surface area (Å²) in [6, 6.07) is 11.2. The third-order valence-corrected chi connectivity index (χ3v) is 4.51. The van der Waals surface area contributed by atoms with Gasteiger partial charge in [-0.25, -0.2) is 0 Å². The van der Waals surface area contributed by atoms with E-state index in [1.807, 2.05) is 6.92 Å². The van der Waals surface area contributed by atoms with Crippen molar-refractivity contribution < 1.29 is 5.11 Å². The number of nitrogens with one attached hydrogen (secondary N) is 1. The molecule has 0 aliphatic carbocycles. The maximum absolute atomic E-state index is 10.0. The minimum absolute atomic E-state index is 0.439. The normalized spacial score (nSPS) is 20.3. The number of hydrogen-bond donors (Lipinski definition) is 2. The molecule has 0 bridgehead atoms. The average Bonchev–Trinajstić information content (AvgIpc) is 2.49. The van der Waals surface area contributed by atoms with Crippen molar-refractivity contribution in [1.29, 1.82) is 0 Å². The number of benzene rings is 1. The van der Waals surface area contributed by atoms with Crippen molar-refractivity contribution in [3.05, 3.63) is 35.9 Å². The highest BCUT2D eigenvalue weighted by molar-refractivity contribution is 5.18. The van der Waals surface area contributed by atoms with Crippen LogP contribution in [0.25, 0.3) is 0 Å². The highest BCUT2D eigenvalue weighted by Gasteiger charge is 2.27. The minimum Gasteiger partial charge on any atom is -0.390 e. The number of aliphatic hydroxyl groups is 1. The van der Waals surface area contributed by atoms with E-state index in [0.717, 1.165) is 51.9 Å². The van der Waals surface area contributed by atoms with E-state index in [-0.39, 0.29) is 0 Å². The molecule has 1 aromatic carbocycles. The molecule has 1 aromatic rings. The van der Waals surface area contributed by atoms with Gasteiger partial charge >= 0.3 is 0 Å². The lowest BCUT2D eigenvalue weighted by atomic mass is 9.93. The Hall–Kier alpha value is -0.900. The topological polar surface area (TPSA) is 35.5 Å². The maximum Gasteiger partial charge on any atom is 0.0644 e. The second kappa shape index (κ2) is 7.92. The van der Waals surface area contributed by atoms with Crippen molar-refractivity contribution in [1.82, 2.24) is 10.2 Å². The van der Waals surface area contributed by atoms with Crippen molar-refractivity contribution in [3.63, 3.8) is 0 Å². The summed E-state index contributed by atoms with van der Waals surface area (Å²) >= 11 is 0. The maximum atomic E-state index is 10.0. The summed E-state index contributed by atoms with van der Waals surface area (Å²) in [5, 5.41) is 13.7. The van der Waals surface area contributed by atoms with Crippen molar-refractivity contribution in [2.45, 2.75) is 51.2 Å². The van der Waals surface area contributed by atoms with Gasteiger partial charge < -0.3 is 15.3 Å². The van der Waals surface area contributed by atoms with E-state index in [1.54, 1.807) is 0 Å². The van der Waals surface area contributed by atoms with Gasteiger partial charge in [-0.2, -0.15) is 0 Å². The second-order valence-electron chi connectivity index (χ2n) is 6.54. The molecular weight excluding hydrogens is 260 g/mol. The number of likely N-dealkylation sites (tertiary alicyclic amines) is 1. The Morgan fingerprint density at radius 3 is 2.52 bits per heavy atom. The molecule has 1 aliphatic rings. The van der Waals surface area contributed by atoms with Crippen LogP contribution in [0.5, 0.6) is 0 Å². The van der Waals surface area contributed by atoms with E-state index in [0.29, 0.717) is 6.04 Å². The molecule has 1 aliphatic heterocycles. The Balaban J connectivity index is 1.85. The van der Waals surface area contributed by atoms with Crippen LogP contribution in [-0.4, -0.2) is 41.8 Å². The molecule has 1 heterocycles. The molecule has 0 amide bonds. The minimum atomic E-state index is -0.449. The van der Waals surface area contributed by atoms with Gasteiger partial charge in [-0.05, 0) is 51.3 Å². The van der Waals surface area contributed by atoms with Crippen molar-refractivity contribution >= 4 is 0 Å². The van der Waals surface area contributed by atoms with Crippen LogP contribution in [-0.2, 0) is 0 Å². The van der Waals surface area contributed by atoms with Gasteiger partial charge in [0.1, 0.15) is 0 Å². The molecular formula is C18H30N2O. The Labute approximate surface area is 129 Å². The third-order valence-electron chi connectivity index (χ3n) is 4.51. The van der Waals surface area contributed by atoms with Gasteiger partial charge in [0.05, 0.1) is 5.60 Å². The lowest BCUT2D eigenvalue weighted by molar-refractivity contribution is -0.00597. The fourth-order valence-electron chi connectivity index (χ4n) is 2.96. The quantitative estimate of drug-likeness (QED) is 0.810. The summed E-state index contributed by atoms with van der Waals surface area (Å²) in [5.74, 6) is 0. The van der Waals surface area contributed by atoms with Crippen LogP contribution in [0, 0.1) is 0 Å². The predicted molar refractivity (Wildman–Crippen MR) is 88.4 cm³/mol. The van der Waals surface area contributed by atoms with Gasteiger partial charge in [0.15, 0.2) is 0 Å². The smallest absolute Gasteiger partial charge is 0.0644 e. The number of piperidine rings is 1. The van der Waals surface area contributed by atoms with Crippen molar-refractivity contribution in [2.24, 2.45) is 0 Å². The summed E-state index contributed by atoms with van der Waals surface area (Å²) in [5.41, 5.74) is 0.936. The van der Waals surface area contributed by atoms with Crippen LogP contribution >= 0.6 is 0 Å². The average molecular weight is 290 g/mol. The van der Waals surface area contributed by atoms with Crippen LogP contribution in [0.1, 0.15) is 51.1 Å². The molecule has 1 fully saturated rings. The summed E-state index contributed by atoms with van der Waals surface area (Å²) in [6.07, 6.45) is 4.08. The zero-order chi connectivity index (χ0) is 15.1. The summed E-state index contributed by atoms with van der Waals surface area (Å²) in [6.45, 7) is 8.37. The van der Waals surface area contributed by atoms with Crippen molar-refractivity contribution in [3.8, 4) is 0 Å². The lowest BCUT2D eigenvalue weighted by Gasteiger charge is -2.36. The van der Waals surface area contributed by atoms with E-state index in [4.69, 9.17) is 0 Å². The first-order chi connectivity index (χ1) is 10.1. The summed E-state index contributed by atoms with van der Waals surface area (Å²) < 4.78 is 0. The van der Waals surface area contributed by atoms with E-state index in [2.05, 4.69) is 47.5 Å². The third kappa shape index (κ3) is 5.42. The molecule has 1 unspecified atom stereocenters. The Kier molecular flexibility index (Phi) is 6.22. The Morgan fingerprint density at radius 2 is 1.90 bits per heavy atom. The molecule has 118 valence electrons. The molecule has 3 heteroatoms. The second-order valence-corrected chi connectivity index (χ2v) is 6.54. The van der Waals surface area contributed by atoms with Gasteiger partial charge in [-0.3, -0.25) is 0 Å². The molecule has 2 rings (SSSR count). The molecule has 0 saturated carbocycles. The standard InChI is InChI=1S/C18H30N2O/c1-3-12-19-17(16-7-5-4-6-8-16)9-13-20-14-10-18(2,21)11-15-20/h4-8,17,19,21H,3,9-15H2,1-2H3. The Morgan fingerprint density at radius 1 is 1.24 bits per heavy atom. The fourth-order valence-corrected chi connectivity index (χ4v) is 2.96. The molecule has 1 saturated heterocycles. The number of rotatable bonds is 7. The predicted octanol–water partition coefficient (Wildman–Crippen LogP) is 2.96. The fraction of sp³-hybridized carbons (Fsp3) is 0.667. The highest BCUT2D eigenvalue weighted by Crippen LogP contribution is 2.23. The monoisotopic (exact) mass is 290 g/mol. The first-order valence-corrected chi connectivity index (χ1v) is 8.34. The van der Waals surface area contributed by atoms with Crippen LogP contribution in [0.3, 0.4) is 0 Å². The Bertz CT molecular complexity index is 395. The molecule has 21 heavy (non-hydrogen) atoms. The van der Waals surface area contributed by atoms with Crippen LogP contribution in [0.4, 0.5) is 0 Å². The summed E-state index contributed by atoms with van der Waals surface area (Å²) in [4.78, 5) is 2.49. The van der Waals surface area contributed by atoms with E-state index in [9.17, 15) is 5.11 Å². The van der Waals surface area contributed by atoms with Gasteiger partial charge in [0, 0.05) is 19.1 Å². The highest BCUT2D eigenvalue weighted by atomic mass is 16.3. The molecule has 0 spiro atoms. The van der Waals surface area contributed by atoms with E-state index in [1.165, 1.54) is 5.56 Å². The van der Waals surface area contributed by atoms with Crippen LogP contribution in [0.2, 0.25) is 0 Å². The van der Waals surface area contributed by atoms with Crippen LogP contribution in [0.15, 0.2) is 30.3 Å². The largest absolute Gasteiger partial charge is 0.390 e. The van der Waals surface area contributed by atoms with Crippen molar-refractivity contribution in [2.75, 3.05) is 26.2 Å². The molecule has 0 radical (unpaired) electrons. The van der Waals surface area contributed by atoms with Gasteiger partial charge in [-0.1, -0.05) is 37.3 Å². The zero-order valence-electron chi connectivity index (χ0n) is 13.5.